The van der Waals surface area contributed by atoms with E-state index in [9.17, 15) is 9.59 Å². The molecule has 4 nitrogen and oxygen atoms in total. The maximum absolute atomic E-state index is 10.6. The van der Waals surface area contributed by atoms with Crippen LogP contribution in [0.5, 0.6) is 0 Å². The van der Waals surface area contributed by atoms with Crippen LogP contribution in [0.4, 0.5) is 0 Å². The van der Waals surface area contributed by atoms with Crippen LogP contribution < -0.4 is 10.5 Å². The van der Waals surface area contributed by atoms with Crippen LogP contribution in [-0.4, -0.2) is 19.4 Å². The fraction of sp³-hybridized carbons (Fsp3) is 0.333. The molecule has 0 spiro atoms. The SMILES string of the molecule is CCC(=O)N[B]NC(=O)CC.CCCc1cc2c(-c3ccccc3C(C)C)cccc2[cH-]1.CCCc1cc2c(-c3ccccc3C(C)C)cccc2[cH-]1.[Cl][Zr+2][Cl]. The molecule has 6 aromatic carbocycles. The van der Waals surface area contributed by atoms with Gasteiger partial charge in [0.15, 0.2) is 0 Å². The van der Waals surface area contributed by atoms with Gasteiger partial charge in [0.2, 0.25) is 11.8 Å². The van der Waals surface area contributed by atoms with Crippen molar-refractivity contribution in [2.75, 3.05) is 0 Å². The van der Waals surface area contributed by atoms with Gasteiger partial charge in [0.1, 0.15) is 0 Å². The average molecular weight is 868 g/mol. The van der Waals surface area contributed by atoms with Gasteiger partial charge in [-0.15, -0.1) is 69.1 Å². The topological polar surface area (TPSA) is 58.2 Å². The molecule has 0 saturated heterocycles. The van der Waals surface area contributed by atoms with E-state index < -0.39 is 20.8 Å². The third-order valence-electron chi connectivity index (χ3n) is 9.55. The van der Waals surface area contributed by atoms with Crippen LogP contribution in [0.3, 0.4) is 0 Å². The van der Waals surface area contributed by atoms with Crippen molar-refractivity contribution in [3.8, 4) is 22.3 Å². The summed E-state index contributed by atoms with van der Waals surface area (Å²) < 4.78 is 0. The van der Waals surface area contributed by atoms with Crippen molar-refractivity contribution in [2.24, 2.45) is 0 Å². The fourth-order valence-corrected chi connectivity index (χ4v) is 6.82. The van der Waals surface area contributed by atoms with E-state index in [1.165, 1.54) is 99.3 Å². The van der Waals surface area contributed by atoms with Gasteiger partial charge in [0.05, 0.1) is 0 Å². The Balaban J connectivity index is 0.000000228. The minimum atomic E-state index is -0.826. The van der Waals surface area contributed by atoms with Crippen LogP contribution in [0, 0.1) is 0 Å². The molecule has 8 heteroatoms. The molecule has 0 saturated carbocycles. The number of carbonyl (C=O) groups excluding carboxylic acids is 2. The molecule has 0 heterocycles. The second-order valence-corrected chi connectivity index (χ2v) is 18.1. The molecule has 2 N–H and O–H groups in total. The molecule has 6 rings (SSSR count). The van der Waals surface area contributed by atoms with Crippen LogP contribution in [0.2, 0.25) is 0 Å². The number of amides is 2. The molecular weight excluding hydrogens is 809 g/mol. The first-order chi connectivity index (χ1) is 27.0. The van der Waals surface area contributed by atoms with Gasteiger partial charge in [0, 0.05) is 12.8 Å². The summed E-state index contributed by atoms with van der Waals surface area (Å²) in [5.74, 6) is 0.867. The zero-order valence-corrected chi connectivity index (χ0v) is 38.4. The summed E-state index contributed by atoms with van der Waals surface area (Å²) in [6, 6.07) is 40.4. The Morgan fingerprint density at radius 2 is 0.946 bits per heavy atom. The molecule has 0 aliphatic heterocycles. The van der Waals surface area contributed by atoms with Gasteiger partial charge in [-0.25, -0.2) is 0 Å². The predicted octanol–water partition coefficient (Wildman–Crippen LogP) is 13.6. The summed E-state index contributed by atoms with van der Waals surface area (Å²) in [6.45, 7) is 17.0. The van der Waals surface area contributed by atoms with Crippen molar-refractivity contribution in [3.05, 3.63) is 131 Å². The van der Waals surface area contributed by atoms with Crippen LogP contribution in [0.15, 0.2) is 109 Å². The van der Waals surface area contributed by atoms with Crippen LogP contribution in [-0.2, 0) is 43.3 Å². The van der Waals surface area contributed by atoms with Gasteiger partial charge < -0.3 is 10.5 Å². The van der Waals surface area contributed by atoms with E-state index in [0.717, 1.165) is 0 Å². The number of fused-ring (bicyclic) bond motifs is 2. The number of hydrogen-bond donors (Lipinski definition) is 2. The van der Waals surface area contributed by atoms with E-state index in [2.05, 4.69) is 161 Å². The van der Waals surface area contributed by atoms with Crippen molar-refractivity contribution < 1.29 is 30.4 Å². The molecule has 56 heavy (non-hydrogen) atoms. The average Bonchev–Trinajstić information content (AvgIpc) is 3.82. The molecule has 0 unspecified atom stereocenters. The van der Waals surface area contributed by atoms with Gasteiger partial charge >= 0.3 is 45.4 Å². The fourth-order valence-electron chi connectivity index (χ4n) is 6.82. The molecule has 0 aliphatic carbocycles. The Kier molecular flexibility index (Phi) is 21.0. The molecule has 0 aromatic heterocycles. The van der Waals surface area contributed by atoms with E-state index in [0.29, 0.717) is 24.7 Å². The standard InChI is InChI=1S/2C21H23.C6H12BN2O2.2ClH.Zr/c2*1-4-8-16-13-17-9-7-12-20(21(17)14-16)19-11-6-5-10-18(19)15(2)3;1-3-5(10)8-7-9-6(11)4-2;;;/h2*5-7,9-15H,4,8H2,1-3H3;3-4H2,1-2H3,(H,8,10)(H,9,11);2*1H;/q2*-1;;;;+4/p-2. The molecular formula is C48H58BCl2N2O2Zr. The van der Waals surface area contributed by atoms with Crippen LogP contribution >= 0.6 is 17.0 Å². The van der Waals surface area contributed by atoms with E-state index in [1.54, 1.807) is 13.8 Å². The number of benzene rings is 4. The quantitative estimate of drug-likeness (QED) is 0.0951. The minimum absolute atomic E-state index is 0.110. The van der Waals surface area contributed by atoms with Gasteiger partial charge in [-0.2, -0.15) is 12.1 Å². The van der Waals surface area contributed by atoms with Crippen molar-refractivity contribution in [1.82, 2.24) is 10.5 Å². The summed E-state index contributed by atoms with van der Waals surface area (Å²) in [5.41, 5.74) is 11.3. The molecule has 6 aromatic rings. The number of carbonyl (C=O) groups is 2. The molecule has 0 fully saturated rings. The first-order valence-corrected chi connectivity index (χ1v) is 26.3. The summed E-state index contributed by atoms with van der Waals surface area (Å²) in [7, 11) is 11.1. The van der Waals surface area contributed by atoms with Crippen molar-refractivity contribution >= 4 is 57.9 Å². The Hall–Kier alpha value is -3.43. The Labute approximate surface area is 355 Å². The normalized spacial score (nSPS) is 10.4. The number of nitrogens with one attached hydrogen (secondary N) is 2. The first-order valence-electron chi connectivity index (χ1n) is 19.9. The first kappa shape index (κ1) is 46.9. The zero-order chi connectivity index (χ0) is 41.0. The Morgan fingerprint density at radius 3 is 1.29 bits per heavy atom. The molecule has 293 valence electrons. The van der Waals surface area contributed by atoms with E-state index in [4.69, 9.17) is 17.0 Å². The third-order valence-corrected chi connectivity index (χ3v) is 9.55. The second kappa shape index (κ2) is 25.0. The summed E-state index contributed by atoms with van der Waals surface area (Å²) in [5, 5.41) is 10.3. The molecule has 0 bridgehead atoms. The molecule has 0 atom stereocenters. The van der Waals surface area contributed by atoms with Crippen molar-refractivity contribution in [1.29, 1.82) is 0 Å². The van der Waals surface area contributed by atoms with E-state index in [-0.39, 0.29) is 11.8 Å². The molecule has 2 amide bonds. The van der Waals surface area contributed by atoms with E-state index >= 15 is 0 Å². The van der Waals surface area contributed by atoms with E-state index in [1.807, 2.05) is 0 Å². The van der Waals surface area contributed by atoms with Crippen LogP contribution in [0.1, 0.15) is 115 Å². The number of hydrogen-bond acceptors (Lipinski definition) is 2. The molecule has 1 radical (unpaired) electrons. The Morgan fingerprint density at radius 1 is 0.589 bits per heavy atom. The zero-order valence-electron chi connectivity index (χ0n) is 34.4. The summed E-state index contributed by atoms with van der Waals surface area (Å²) in [4.78, 5) is 21.2. The maximum atomic E-state index is 10.6. The Bertz CT molecular complexity index is 1950. The molecule has 0 aliphatic rings. The van der Waals surface area contributed by atoms with Crippen molar-refractivity contribution in [2.45, 2.75) is 106 Å². The van der Waals surface area contributed by atoms with Gasteiger partial charge in [-0.3, -0.25) is 9.59 Å². The number of rotatable bonds is 12. The van der Waals surface area contributed by atoms with Gasteiger partial charge in [-0.1, -0.05) is 140 Å². The number of aryl methyl sites for hydroxylation is 2. The second-order valence-electron chi connectivity index (χ2n) is 14.4. The summed E-state index contributed by atoms with van der Waals surface area (Å²) >= 11 is -0.826. The van der Waals surface area contributed by atoms with Gasteiger partial charge in [-0.05, 0) is 46.9 Å². The summed E-state index contributed by atoms with van der Waals surface area (Å²) in [6.07, 6.45) is 5.57. The van der Waals surface area contributed by atoms with Crippen molar-refractivity contribution in [3.63, 3.8) is 0 Å². The van der Waals surface area contributed by atoms with Crippen LogP contribution in [0.25, 0.3) is 43.8 Å². The monoisotopic (exact) mass is 865 g/mol. The van der Waals surface area contributed by atoms with Gasteiger partial charge in [0.25, 0.3) is 0 Å². The predicted molar refractivity (Wildman–Crippen MR) is 240 cm³/mol. The third kappa shape index (κ3) is 13.9. The number of halogens is 2.